The molecule has 0 bridgehead atoms. The Kier molecular flexibility index (Phi) is 1.80. The molecule has 1 aromatic carbocycles. The summed E-state index contributed by atoms with van der Waals surface area (Å²) in [5, 5.41) is 1.06. The van der Waals surface area contributed by atoms with Crippen LogP contribution >= 0.6 is 11.8 Å². The second-order valence-corrected chi connectivity index (χ2v) is 4.65. The smallest absolute Gasteiger partial charge is 0.147 e. The quantitative estimate of drug-likeness (QED) is 0.702. The Labute approximate surface area is 85.7 Å². The van der Waals surface area contributed by atoms with E-state index in [1.807, 2.05) is 17.8 Å². The van der Waals surface area contributed by atoms with E-state index in [0.29, 0.717) is 5.52 Å². The molecule has 1 N–H and O–H groups in total. The number of nitrogens with one attached hydrogen (secondary N) is 1. The van der Waals surface area contributed by atoms with Crippen LogP contribution in [0.2, 0.25) is 0 Å². The zero-order valence-electron chi connectivity index (χ0n) is 7.64. The zero-order chi connectivity index (χ0) is 9.54. The zero-order valence-corrected chi connectivity index (χ0v) is 8.46. The first-order chi connectivity index (χ1) is 6.86. The monoisotopic (exact) mass is 207 g/mol. The van der Waals surface area contributed by atoms with Crippen molar-refractivity contribution < 1.29 is 4.39 Å². The number of rotatable bonds is 0. The molecule has 2 aromatic rings. The molecule has 3 rings (SSSR count). The van der Waals surface area contributed by atoms with E-state index < -0.39 is 0 Å². The van der Waals surface area contributed by atoms with Gasteiger partial charge in [-0.05, 0) is 23.8 Å². The lowest BCUT2D eigenvalue weighted by molar-refractivity contribution is 0.637. The van der Waals surface area contributed by atoms with Gasteiger partial charge in [0, 0.05) is 16.8 Å². The molecule has 2 heterocycles. The molecule has 0 fully saturated rings. The molecule has 0 atom stereocenters. The number of thioether (sulfide) groups is 1. The van der Waals surface area contributed by atoms with Gasteiger partial charge in [-0.1, -0.05) is 12.1 Å². The number of hydrogen-bond donors (Lipinski definition) is 1. The molecule has 0 saturated heterocycles. The highest BCUT2D eigenvalue weighted by Gasteiger charge is 2.16. The lowest BCUT2D eigenvalue weighted by Gasteiger charge is -2.09. The fourth-order valence-corrected chi connectivity index (χ4v) is 3.04. The molecule has 1 aliphatic heterocycles. The average molecular weight is 207 g/mol. The van der Waals surface area contributed by atoms with Crippen molar-refractivity contribution in [1.29, 1.82) is 0 Å². The Hall–Kier alpha value is -0.960. The van der Waals surface area contributed by atoms with Gasteiger partial charge in [-0.15, -0.1) is 0 Å². The summed E-state index contributed by atoms with van der Waals surface area (Å²) in [6.45, 7) is 0. The van der Waals surface area contributed by atoms with Crippen LogP contribution in [0.1, 0.15) is 11.3 Å². The molecular weight excluding hydrogens is 197 g/mol. The van der Waals surface area contributed by atoms with E-state index in [-0.39, 0.29) is 5.82 Å². The van der Waals surface area contributed by atoms with Crippen LogP contribution in [0.5, 0.6) is 0 Å². The van der Waals surface area contributed by atoms with Gasteiger partial charge < -0.3 is 4.98 Å². The first-order valence-electron chi connectivity index (χ1n) is 4.72. The summed E-state index contributed by atoms with van der Waals surface area (Å²) >= 11 is 1.92. The lowest BCUT2D eigenvalue weighted by atomic mass is 10.1. The van der Waals surface area contributed by atoms with Crippen molar-refractivity contribution in [3.63, 3.8) is 0 Å². The van der Waals surface area contributed by atoms with Crippen LogP contribution in [0.25, 0.3) is 10.9 Å². The molecule has 0 saturated carbocycles. The Morgan fingerprint density at radius 2 is 2.29 bits per heavy atom. The fraction of sp³-hybridized carbons (Fsp3) is 0.273. The van der Waals surface area contributed by atoms with Crippen molar-refractivity contribution in [3.8, 4) is 0 Å². The van der Waals surface area contributed by atoms with Gasteiger partial charge in [-0.3, -0.25) is 0 Å². The third-order valence-corrected chi connectivity index (χ3v) is 3.71. The Morgan fingerprint density at radius 1 is 1.36 bits per heavy atom. The summed E-state index contributed by atoms with van der Waals surface area (Å²) in [6.07, 6.45) is 1.04. The van der Waals surface area contributed by atoms with Crippen LogP contribution in [0.15, 0.2) is 18.2 Å². The van der Waals surface area contributed by atoms with Gasteiger partial charge in [0.1, 0.15) is 5.82 Å². The maximum absolute atomic E-state index is 13.4. The number of halogens is 1. The van der Waals surface area contributed by atoms with Gasteiger partial charge in [0.15, 0.2) is 0 Å². The number of aromatic nitrogens is 1. The van der Waals surface area contributed by atoms with Gasteiger partial charge >= 0.3 is 0 Å². The fourth-order valence-electron chi connectivity index (χ4n) is 2.02. The van der Waals surface area contributed by atoms with E-state index in [9.17, 15) is 4.39 Å². The maximum atomic E-state index is 13.4. The maximum Gasteiger partial charge on any atom is 0.147 e. The number of H-pyrrole nitrogens is 1. The number of aromatic amines is 1. The van der Waals surface area contributed by atoms with E-state index in [1.165, 1.54) is 17.3 Å². The van der Waals surface area contributed by atoms with Gasteiger partial charge in [-0.2, -0.15) is 11.8 Å². The second-order valence-electron chi connectivity index (χ2n) is 3.55. The van der Waals surface area contributed by atoms with E-state index >= 15 is 0 Å². The molecule has 72 valence electrons. The van der Waals surface area contributed by atoms with Crippen molar-refractivity contribution in [2.45, 2.75) is 12.2 Å². The summed E-state index contributed by atoms with van der Waals surface area (Å²) in [4.78, 5) is 3.20. The molecule has 3 heteroatoms. The molecule has 0 spiro atoms. The first kappa shape index (κ1) is 8.36. The lowest BCUT2D eigenvalue weighted by Crippen LogP contribution is -1.99. The summed E-state index contributed by atoms with van der Waals surface area (Å²) in [7, 11) is 0. The predicted octanol–water partition coefficient (Wildman–Crippen LogP) is 3.10. The first-order valence-corrected chi connectivity index (χ1v) is 5.87. The number of aryl methyl sites for hydroxylation is 1. The Morgan fingerprint density at radius 3 is 3.21 bits per heavy atom. The van der Waals surface area contributed by atoms with Crippen molar-refractivity contribution in [3.05, 3.63) is 35.3 Å². The van der Waals surface area contributed by atoms with Gasteiger partial charge in [0.25, 0.3) is 0 Å². The number of para-hydroxylation sites is 1. The van der Waals surface area contributed by atoms with Crippen LogP contribution in [-0.4, -0.2) is 10.7 Å². The molecule has 1 aromatic heterocycles. The average Bonchev–Trinajstić information content (AvgIpc) is 2.59. The summed E-state index contributed by atoms with van der Waals surface area (Å²) in [5.41, 5.74) is 3.21. The summed E-state index contributed by atoms with van der Waals surface area (Å²) < 4.78 is 13.4. The highest BCUT2D eigenvalue weighted by atomic mass is 32.2. The van der Waals surface area contributed by atoms with E-state index in [2.05, 4.69) is 4.98 Å². The van der Waals surface area contributed by atoms with Gasteiger partial charge in [0.05, 0.1) is 5.52 Å². The van der Waals surface area contributed by atoms with Crippen LogP contribution in [0.4, 0.5) is 4.39 Å². The SMILES string of the molecule is Fc1cccc2c3c([nH]c12)CCSC3. The topological polar surface area (TPSA) is 15.8 Å². The largest absolute Gasteiger partial charge is 0.356 e. The Balaban J connectivity index is 2.36. The Bertz CT molecular complexity index is 489. The highest BCUT2D eigenvalue weighted by Crippen LogP contribution is 2.31. The molecule has 0 aliphatic carbocycles. The second kappa shape index (κ2) is 3.02. The molecule has 0 unspecified atom stereocenters. The molecule has 0 radical (unpaired) electrons. The van der Waals surface area contributed by atoms with E-state index in [1.54, 1.807) is 6.07 Å². The number of benzene rings is 1. The van der Waals surface area contributed by atoms with E-state index in [0.717, 1.165) is 23.3 Å². The minimum atomic E-state index is -0.137. The predicted molar refractivity (Wildman–Crippen MR) is 58.1 cm³/mol. The van der Waals surface area contributed by atoms with Crippen molar-refractivity contribution in [1.82, 2.24) is 4.98 Å². The molecule has 14 heavy (non-hydrogen) atoms. The molecule has 1 nitrogen and oxygen atoms in total. The van der Waals surface area contributed by atoms with Crippen LogP contribution in [0.3, 0.4) is 0 Å². The van der Waals surface area contributed by atoms with Crippen LogP contribution < -0.4 is 0 Å². The highest BCUT2D eigenvalue weighted by molar-refractivity contribution is 7.98. The molecular formula is C11H10FNS. The summed E-state index contributed by atoms with van der Waals surface area (Å²) in [6, 6.07) is 5.29. The third-order valence-electron chi connectivity index (χ3n) is 2.72. The van der Waals surface area contributed by atoms with Crippen molar-refractivity contribution >= 4 is 22.7 Å². The molecule has 0 amide bonds. The minimum Gasteiger partial charge on any atom is -0.356 e. The van der Waals surface area contributed by atoms with Gasteiger partial charge in [0.2, 0.25) is 0 Å². The standard InChI is InChI=1S/C11H10FNS/c12-9-3-1-2-7-8-6-14-5-4-10(8)13-11(7)9/h1-3,13H,4-6H2. The van der Waals surface area contributed by atoms with E-state index in [4.69, 9.17) is 0 Å². The normalized spacial score (nSPS) is 15.8. The molecule has 1 aliphatic rings. The van der Waals surface area contributed by atoms with Crippen molar-refractivity contribution in [2.24, 2.45) is 0 Å². The van der Waals surface area contributed by atoms with Crippen molar-refractivity contribution in [2.75, 3.05) is 5.75 Å². The third kappa shape index (κ3) is 1.08. The van der Waals surface area contributed by atoms with Crippen LogP contribution in [0, 0.1) is 5.82 Å². The summed E-state index contributed by atoms with van der Waals surface area (Å²) in [5.74, 6) is 2.02. The number of fused-ring (bicyclic) bond motifs is 3. The van der Waals surface area contributed by atoms with Gasteiger partial charge in [-0.25, -0.2) is 4.39 Å². The minimum absolute atomic E-state index is 0.137. The van der Waals surface area contributed by atoms with Crippen LogP contribution in [-0.2, 0) is 12.2 Å². The number of hydrogen-bond acceptors (Lipinski definition) is 1.